The van der Waals surface area contributed by atoms with Gasteiger partial charge in [-0.05, 0) is 63.0 Å². The summed E-state index contributed by atoms with van der Waals surface area (Å²) in [5.41, 5.74) is -0.404. The minimum atomic E-state index is -3.64. The Kier molecular flexibility index (Phi) is 7.33. The van der Waals surface area contributed by atoms with E-state index >= 15 is 0 Å². The molecule has 0 unspecified atom stereocenters. The summed E-state index contributed by atoms with van der Waals surface area (Å²) < 4.78 is 39.7. The van der Waals surface area contributed by atoms with Crippen LogP contribution in [-0.2, 0) is 14.8 Å². The average Bonchev–Trinajstić information content (AvgIpc) is 3.35. The van der Waals surface area contributed by atoms with Gasteiger partial charge in [0.25, 0.3) is 0 Å². The van der Waals surface area contributed by atoms with Crippen molar-refractivity contribution in [2.45, 2.75) is 70.7 Å². The minimum absolute atomic E-state index is 0.219. The SMILES string of the molecule is CC(C)(C)CCCOCC(C)(C)NS(=O)(=O)c1cccc(OCC2CC2)c1. The van der Waals surface area contributed by atoms with Crippen molar-refractivity contribution in [3.05, 3.63) is 24.3 Å². The molecule has 1 aliphatic carbocycles. The molecule has 1 N–H and O–H groups in total. The molecular weight excluding hydrogens is 362 g/mol. The maximum Gasteiger partial charge on any atom is 0.241 e. The Balaban J connectivity index is 1.86. The lowest BCUT2D eigenvalue weighted by Gasteiger charge is -2.26. The largest absolute Gasteiger partial charge is 0.493 e. The van der Waals surface area contributed by atoms with Gasteiger partial charge in [-0.1, -0.05) is 26.8 Å². The van der Waals surface area contributed by atoms with E-state index in [1.54, 1.807) is 24.3 Å². The number of ether oxygens (including phenoxy) is 2. The number of benzene rings is 1. The Bertz CT molecular complexity index is 703. The lowest BCUT2D eigenvalue weighted by molar-refractivity contribution is 0.0836. The first-order valence-electron chi connectivity index (χ1n) is 9.81. The van der Waals surface area contributed by atoms with E-state index in [9.17, 15) is 8.42 Å². The van der Waals surface area contributed by atoms with Crippen molar-refractivity contribution in [2.75, 3.05) is 19.8 Å². The zero-order chi connectivity index (χ0) is 20.1. The van der Waals surface area contributed by atoms with Gasteiger partial charge in [-0.3, -0.25) is 0 Å². The van der Waals surface area contributed by atoms with Gasteiger partial charge >= 0.3 is 0 Å². The lowest BCUT2D eigenvalue weighted by Crippen LogP contribution is -2.46. The van der Waals surface area contributed by atoms with Crippen LogP contribution in [0.15, 0.2) is 29.2 Å². The fraction of sp³-hybridized carbons (Fsp3) is 0.714. The molecule has 154 valence electrons. The Hall–Kier alpha value is -1.11. The van der Waals surface area contributed by atoms with E-state index in [0.717, 1.165) is 12.8 Å². The van der Waals surface area contributed by atoms with Crippen LogP contribution in [0, 0.1) is 11.3 Å². The molecule has 0 heterocycles. The quantitative estimate of drug-likeness (QED) is 0.563. The smallest absolute Gasteiger partial charge is 0.241 e. The van der Waals surface area contributed by atoms with Crippen LogP contribution in [0.1, 0.15) is 60.3 Å². The summed E-state index contributed by atoms with van der Waals surface area (Å²) in [7, 11) is -3.64. The fourth-order valence-electron chi connectivity index (χ4n) is 2.71. The van der Waals surface area contributed by atoms with Gasteiger partial charge in [-0.25, -0.2) is 13.1 Å². The van der Waals surface area contributed by atoms with Crippen molar-refractivity contribution in [2.24, 2.45) is 11.3 Å². The molecule has 0 amide bonds. The number of rotatable bonds is 11. The molecule has 6 heteroatoms. The maximum atomic E-state index is 12.7. The lowest BCUT2D eigenvalue weighted by atomic mass is 9.91. The topological polar surface area (TPSA) is 64.6 Å². The highest BCUT2D eigenvalue weighted by molar-refractivity contribution is 7.89. The molecule has 1 aromatic carbocycles. The molecule has 0 radical (unpaired) electrons. The molecule has 0 bridgehead atoms. The Morgan fingerprint density at radius 1 is 1.15 bits per heavy atom. The van der Waals surface area contributed by atoms with Crippen LogP contribution in [0.5, 0.6) is 5.75 Å². The Morgan fingerprint density at radius 2 is 1.85 bits per heavy atom. The van der Waals surface area contributed by atoms with Crippen LogP contribution >= 0.6 is 0 Å². The van der Waals surface area contributed by atoms with Gasteiger partial charge in [0.2, 0.25) is 10.0 Å². The molecule has 1 fully saturated rings. The molecular formula is C21H35NO4S. The monoisotopic (exact) mass is 397 g/mol. The second kappa shape index (κ2) is 8.93. The van der Waals surface area contributed by atoms with Crippen molar-refractivity contribution < 1.29 is 17.9 Å². The van der Waals surface area contributed by atoms with Crippen LogP contribution in [-0.4, -0.2) is 33.8 Å². The molecule has 1 aromatic rings. The third-order valence-corrected chi connectivity index (χ3v) is 6.08. The Labute approximate surface area is 164 Å². The van der Waals surface area contributed by atoms with E-state index < -0.39 is 15.6 Å². The maximum absolute atomic E-state index is 12.7. The van der Waals surface area contributed by atoms with Crippen LogP contribution in [0.4, 0.5) is 0 Å². The van der Waals surface area contributed by atoms with Crippen LogP contribution in [0.3, 0.4) is 0 Å². The molecule has 0 spiro atoms. The van der Waals surface area contributed by atoms with Gasteiger partial charge in [0.05, 0.1) is 23.6 Å². The first kappa shape index (κ1) is 22.2. The average molecular weight is 398 g/mol. The van der Waals surface area contributed by atoms with Crippen molar-refractivity contribution in [3.63, 3.8) is 0 Å². The molecule has 2 rings (SSSR count). The van der Waals surface area contributed by atoms with Crippen LogP contribution in [0.2, 0.25) is 0 Å². The summed E-state index contributed by atoms with van der Waals surface area (Å²) in [6.07, 6.45) is 4.44. The molecule has 0 atom stereocenters. The first-order chi connectivity index (χ1) is 12.5. The molecule has 27 heavy (non-hydrogen) atoms. The zero-order valence-electron chi connectivity index (χ0n) is 17.4. The van der Waals surface area contributed by atoms with Gasteiger partial charge in [0.15, 0.2) is 0 Å². The van der Waals surface area contributed by atoms with E-state index in [0.29, 0.717) is 31.5 Å². The standard InChI is InChI=1S/C21H35NO4S/c1-20(2,3)12-7-13-25-16-21(4,5)22-27(23,24)19-9-6-8-18(14-19)26-15-17-10-11-17/h6,8-9,14,17,22H,7,10-13,15-16H2,1-5H3. The summed E-state index contributed by atoms with van der Waals surface area (Å²) in [4.78, 5) is 0.219. The van der Waals surface area contributed by atoms with Crippen molar-refractivity contribution in [3.8, 4) is 5.75 Å². The highest BCUT2D eigenvalue weighted by Crippen LogP contribution is 2.30. The molecule has 0 aromatic heterocycles. The van der Waals surface area contributed by atoms with Gasteiger partial charge in [0.1, 0.15) is 5.75 Å². The third kappa shape index (κ3) is 8.62. The van der Waals surface area contributed by atoms with Gasteiger partial charge < -0.3 is 9.47 Å². The second-order valence-electron chi connectivity index (χ2n) is 9.44. The molecule has 5 nitrogen and oxygen atoms in total. The summed E-state index contributed by atoms with van der Waals surface area (Å²) in [6.45, 7) is 11.9. The summed E-state index contributed by atoms with van der Waals surface area (Å²) >= 11 is 0. The predicted molar refractivity (Wildman–Crippen MR) is 109 cm³/mol. The third-order valence-electron chi connectivity index (χ3n) is 4.39. The van der Waals surface area contributed by atoms with E-state index in [-0.39, 0.29) is 10.3 Å². The van der Waals surface area contributed by atoms with E-state index in [4.69, 9.17) is 9.47 Å². The second-order valence-corrected chi connectivity index (χ2v) is 11.1. The number of nitrogens with one attached hydrogen (secondary N) is 1. The zero-order valence-corrected chi connectivity index (χ0v) is 18.2. The van der Waals surface area contributed by atoms with E-state index in [2.05, 4.69) is 25.5 Å². The van der Waals surface area contributed by atoms with Crippen molar-refractivity contribution in [1.29, 1.82) is 0 Å². The van der Waals surface area contributed by atoms with Crippen molar-refractivity contribution in [1.82, 2.24) is 4.72 Å². The molecule has 1 aliphatic rings. The van der Waals surface area contributed by atoms with Crippen LogP contribution < -0.4 is 9.46 Å². The van der Waals surface area contributed by atoms with Gasteiger partial charge in [0, 0.05) is 12.7 Å². The molecule has 1 saturated carbocycles. The molecule has 0 aliphatic heterocycles. The van der Waals surface area contributed by atoms with E-state index in [1.165, 1.54) is 12.8 Å². The highest BCUT2D eigenvalue weighted by Gasteiger charge is 2.27. The van der Waals surface area contributed by atoms with Crippen molar-refractivity contribution >= 4 is 10.0 Å². The summed E-state index contributed by atoms with van der Waals surface area (Å²) in [5.74, 6) is 1.22. The summed E-state index contributed by atoms with van der Waals surface area (Å²) in [6, 6.07) is 6.69. The van der Waals surface area contributed by atoms with Gasteiger partial charge in [-0.2, -0.15) is 0 Å². The number of hydrogen-bond donors (Lipinski definition) is 1. The van der Waals surface area contributed by atoms with Crippen LogP contribution in [0.25, 0.3) is 0 Å². The number of hydrogen-bond acceptors (Lipinski definition) is 4. The number of sulfonamides is 1. The summed E-state index contributed by atoms with van der Waals surface area (Å²) in [5, 5.41) is 0. The minimum Gasteiger partial charge on any atom is -0.493 e. The first-order valence-corrected chi connectivity index (χ1v) is 11.3. The predicted octanol–water partition coefficient (Wildman–Crippen LogP) is 4.38. The normalized spacial score (nSPS) is 15.7. The Morgan fingerprint density at radius 3 is 2.48 bits per heavy atom. The molecule has 0 saturated heterocycles. The van der Waals surface area contributed by atoms with Gasteiger partial charge in [-0.15, -0.1) is 0 Å². The van der Waals surface area contributed by atoms with E-state index in [1.807, 2.05) is 13.8 Å². The highest BCUT2D eigenvalue weighted by atomic mass is 32.2. The fourth-order valence-corrected chi connectivity index (χ4v) is 4.15.